The molecule has 0 bridgehead atoms. The van der Waals surface area contributed by atoms with Crippen LogP contribution in [-0.4, -0.2) is 18.8 Å². The average molecular weight is 199 g/mol. The van der Waals surface area contributed by atoms with E-state index in [9.17, 15) is 4.39 Å². The lowest BCUT2D eigenvalue weighted by atomic mass is 10.0. The molecule has 0 heterocycles. The van der Waals surface area contributed by atoms with E-state index in [2.05, 4.69) is 0 Å². The highest BCUT2D eigenvalue weighted by Gasteiger charge is 2.15. The van der Waals surface area contributed by atoms with Gasteiger partial charge in [0.2, 0.25) is 0 Å². The third-order valence-corrected chi connectivity index (χ3v) is 2.09. The van der Waals surface area contributed by atoms with Gasteiger partial charge in [0.1, 0.15) is 12.4 Å². The van der Waals surface area contributed by atoms with Crippen molar-refractivity contribution in [1.82, 2.24) is 0 Å². The van der Waals surface area contributed by atoms with Crippen molar-refractivity contribution in [2.45, 2.75) is 12.7 Å². The third-order valence-electron chi connectivity index (χ3n) is 2.09. The molecule has 3 N–H and O–H groups in total. The van der Waals surface area contributed by atoms with Gasteiger partial charge in [0.05, 0.1) is 19.8 Å². The standard InChI is InChI=1S/C10H14FNO2/c1-14-9-4-2-3-7(5-11)10(9)8(12)6-13/h2-4,8,13H,5-6,12H2,1H3. The number of alkyl halides is 1. The van der Waals surface area contributed by atoms with Crippen LogP contribution in [0.25, 0.3) is 0 Å². The lowest BCUT2D eigenvalue weighted by Crippen LogP contribution is -2.17. The molecule has 1 atom stereocenters. The maximum atomic E-state index is 12.6. The fourth-order valence-electron chi connectivity index (χ4n) is 1.40. The van der Waals surface area contributed by atoms with Crippen LogP contribution in [0, 0.1) is 0 Å². The minimum atomic E-state index is -0.611. The average Bonchev–Trinajstić information content (AvgIpc) is 2.26. The molecule has 4 heteroatoms. The quantitative estimate of drug-likeness (QED) is 0.765. The minimum absolute atomic E-state index is 0.229. The van der Waals surface area contributed by atoms with Gasteiger partial charge in [-0.15, -0.1) is 0 Å². The number of hydrogen-bond donors (Lipinski definition) is 2. The first-order valence-electron chi connectivity index (χ1n) is 4.32. The van der Waals surface area contributed by atoms with Gasteiger partial charge in [-0.1, -0.05) is 12.1 Å². The van der Waals surface area contributed by atoms with Crippen molar-refractivity contribution in [2.24, 2.45) is 5.73 Å². The zero-order valence-corrected chi connectivity index (χ0v) is 8.03. The van der Waals surface area contributed by atoms with Gasteiger partial charge in [-0.2, -0.15) is 0 Å². The van der Waals surface area contributed by atoms with Crippen LogP contribution in [0.4, 0.5) is 4.39 Å². The lowest BCUT2D eigenvalue weighted by Gasteiger charge is -2.16. The predicted molar refractivity (Wildman–Crippen MR) is 51.8 cm³/mol. The smallest absolute Gasteiger partial charge is 0.124 e. The SMILES string of the molecule is COc1cccc(CF)c1C(N)CO. The van der Waals surface area contributed by atoms with Gasteiger partial charge in [0.25, 0.3) is 0 Å². The monoisotopic (exact) mass is 199 g/mol. The summed E-state index contributed by atoms with van der Waals surface area (Å²) in [5.74, 6) is 0.515. The van der Waals surface area contributed by atoms with Crippen LogP contribution in [0.1, 0.15) is 17.2 Å². The van der Waals surface area contributed by atoms with Crippen LogP contribution in [0.5, 0.6) is 5.75 Å². The van der Waals surface area contributed by atoms with Gasteiger partial charge < -0.3 is 15.6 Å². The summed E-state index contributed by atoms with van der Waals surface area (Å²) in [6.07, 6.45) is 0. The number of hydrogen-bond acceptors (Lipinski definition) is 3. The highest BCUT2D eigenvalue weighted by atomic mass is 19.1. The molecule has 0 saturated carbocycles. The van der Waals surface area contributed by atoms with Crippen LogP contribution in [0.3, 0.4) is 0 Å². The van der Waals surface area contributed by atoms with Crippen molar-refractivity contribution in [3.63, 3.8) is 0 Å². The molecule has 0 saturated heterocycles. The number of halogens is 1. The number of rotatable bonds is 4. The summed E-state index contributed by atoms with van der Waals surface area (Å²) in [5, 5.41) is 8.93. The largest absolute Gasteiger partial charge is 0.496 e. The molecule has 1 unspecified atom stereocenters. The summed E-state index contributed by atoms with van der Waals surface area (Å²) < 4.78 is 17.7. The second-order valence-corrected chi connectivity index (χ2v) is 2.96. The maximum absolute atomic E-state index is 12.6. The fourth-order valence-corrected chi connectivity index (χ4v) is 1.40. The Morgan fingerprint density at radius 1 is 1.57 bits per heavy atom. The number of methoxy groups -OCH3 is 1. The Kier molecular flexibility index (Phi) is 3.85. The first-order valence-corrected chi connectivity index (χ1v) is 4.32. The van der Waals surface area contributed by atoms with E-state index in [-0.39, 0.29) is 6.61 Å². The van der Waals surface area contributed by atoms with E-state index in [0.717, 1.165) is 0 Å². The van der Waals surface area contributed by atoms with Crippen molar-refractivity contribution in [3.8, 4) is 5.75 Å². The van der Waals surface area contributed by atoms with Crippen molar-refractivity contribution in [1.29, 1.82) is 0 Å². The first-order chi connectivity index (χ1) is 6.74. The zero-order chi connectivity index (χ0) is 10.6. The summed E-state index contributed by atoms with van der Waals surface area (Å²) >= 11 is 0. The minimum Gasteiger partial charge on any atom is -0.496 e. The molecule has 0 radical (unpaired) electrons. The molecule has 0 aliphatic rings. The van der Waals surface area contributed by atoms with Gasteiger partial charge in [-0.25, -0.2) is 4.39 Å². The summed E-state index contributed by atoms with van der Waals surface area (Å²) in [6.45, 7) is -0.840. The Balaban J connectivity index is 3.18. The van der Waals surface area contributed by atoms with E-state index in [1.807, 2.05) is 0 Å². The number of nitrogens with two attached hydrogens (primary N) is 1. The van der Waals surface area contributed by atoms with Gasteiger partial charge in [-0.05, 0) is 11.6 Å². The van der Waals surface area contributed by atoms with Crippen LogP contribution >= 0.6 is 0 Å². The molecule has 0 aromatic heterocycles. The molecule has 0 fully saturated rings. The Labute approximate surface area is 82.3 Å². The van der Waals surface area contributed by atoms with E-state index >= 15 is 0 Å². The van der Waals surface area contributed by atoms with Crippen molar-refractivity contribution >= 4 is 0 Å². The number of aliphatic hydroxyl groups is 1. The molecule has 14 heavy (non-hydrogen) atoms. The van der Waals surface area contributed by atoms with E-state index in [1.165, 1.54) is 7.11 Å². The molecule has 1 aromatic carbocycles. The fraction of sp³-hybridized carbons (Fsp3) is 0.400. The molecule has 0 aliphatic heterocycles. The number of ether oxygens (including phenoxy) is 1. The Hall–Kier alpha value is -1.13. The molecule has 0 spiro atoms. The molecule has 1 rings (SSSR count). The predicted octanol–water partition coefficient (Wildman–Crippen LogP) is 1.16. The van der Waals surface area contributed by atoms with Crippen LogP contribution in [0.15, 0.2) is 18.2 Å². The van der Waals surface area contributed by atoms with E-state index in [1.54, 1.807) is 18.2 Å². The first kappa shape index (κ1) is 10.9. The molecule has 78 valence electrons. The van der Waals surface area contributed by atoms with Crippen LogP contribution < -0.4 is 10.5 Å². The van der Waals surface area contributed by atoms with Crippen LogP contribution in [-0.2, 0) is 6.67 Å². The molecule has 3 nitrogen and oxygen atoms in total. The second-order valence-electron chi connectivity index (χ2n) is 2.96. The number of aliphatic hydroxyl groups excluding tert-OH is 1. The normalized spacial score (nSPS) is 12.6. The van der Waals surface area contributed by atoms with Crippen molar-refractivity contribution < 1.29 is 14.2 Å². The Morgan fingerprint density at radius 2 is 2.29 bits per heavy atom. The van der Waals surface area contributed by atoms with E-state index in [0.29, 0.717) is 16.9 Å². The van der Waals surface area contributed by atoms with Crippen molar-refractivity contribution in [3.05, 3.63) is 29.3 Å². The topological polar surface area (TPSA) is 55.5 Å². The maximum Gasteiger partial charge on any atom is 0.124 e. The molecule has 0 aliphatic carbocycles. The van der Waals surface area contributed by atoms with Gasteiger partial charge in [0, 0.05) is 5.56 Å². The number of benzene rings is 1. The molecular weight excluding hydrogens is 185 g/mol. The Morgan fingerprint density at radius 3 is 2.79 bits per heavy atom. The summed E-state index contributed by atoms with van der Waals surface area (Å²) in [4.78, 5) is 0. The third kappa shape index (κ3) is 2.02. The highest BCUT2D eigenvalue weighted by molar-refractivity contribution is 5.42. The van der Waals surface area contributed by atoms with E-state index < -0.39 is 12.7 Å². The lowest BCUT2D eigenvalue weighted by molar-refractivity contribution is 0.263. The van der Waals surface area contributed by atoms with Gasteiger partial charge in [-0.3, -0.25) is 0 Å². The Bertz CT molecular complexity index is 282. The summed E-state index contributed by atoms with van der Waals surface area (Å²) in [5.41, 5.74) is 6.66. The van der Waals surface area contributed by atoms with Gasteiger partial charge in [0.15, 0.2) is 0 Å². The summed E-state index contributed by atoms with van der Waals surface area (Å²) in [7, 11) is 1.49. The van der Waals surface area contributed by atoms with Gasteiger partial charge >= 0.3 is 0 Å². The highest BCUT2D eigenvalue weighted by Crippen LogP contribution is 2.27. The molecule has 0 amide bonds. The molecule has 1 aromatic rings. The van der Waals surface area contributed by atoms with Crippen molar-refractivity contribution in [2.75, 3.05) is 13.7 Å². The summed E-state index contributed by atoms with van der Waals surface area (Å²) in [6, 6.07) is 4.43. The van der Waals surface area contributed by atoms with E-state index in [4.69, 9.17) is 15.6 Å². The zero-order valence-electron chi connectivity index (χ0n) is 8.03. The van der Waals surface area contributed by atoms with Crippen LogP contribution in [0.2, 0.25) is 0 Å². The second kappa shape index (κ2) is 4.93. The molecular formula is C10H14FNO2.